The van der Waals surface area contributed by atoms with Crippen LogP contribution in [-0.4, -0.2) is 60.4 Å². The lowest BCUT2D eigenvalue weighted by molar-refractivity contribution is 0.425. The molecule has 0 aliphatic rings. The van der Waals surface area contributed by atoms with E-state index < -0.39 is 0 Å². The predicted molar refractivity (Wildman–Crippen MR) is 70.4 cm³/mol. The highest BCUT2D eigenvalue weighted by Gasteiger charge is 2.05. The van der Waals surface area contributed by atoms with E-state index in [1.807, 2.05) is 14.1 Å². The molecule has 0 atom stereocenters. The van der Waals surface area contributed by atoms with Gasteiger partial charge < -0.3 is 15.1 Å². The molecule has 6 nitrogen and oxygen atoms in total. The topological polar surface area (TPSA) is 57.2 Å². The molecule has 1 heterocycles. The van der Waals surface area contributed by atoms with Crippen molar-refractivity contribution in [2.75, 3.05) is 50.5 Å². The molecule has 1 aromatic heterocycles. The van der Waals surface area contributed by atoms with Gasteiger partial charge in [0.15, 0.2) is 5.82 Å². The van der Waals surface area contributed by atoms with Crippen molar-refractivity contribution in [2.24, 2.45) is 0 Å². The van der Waals surface area contributed by atoms with Crippen LogP contribution in [0.15, 0.2) is 6.20 Å². The summed E-state index contributed by atoms with van der Waals surface area (Å²) in [6, 6.07) is 0. The summed E-state index contributed by atoms with van der Waals surface area (Å²) in [5.41, 5.74) is 0. The van der Waals surface area contributed by atoms with E-state index >= 15 is 0 Å². The predicted octanol–water partition coefficient (Wildman–Crippen LogP) is 0.691. The lowest BCUT2D eigenvalue weighted by Crippen LogP contribution is -2.25. The summed E-state index contributed by atoms with van der Waals surface area (Å²) < 4.78 is 0. The number of nitrogens with one attached hydrogen (secondary N) is 1. The molecule has 17 heavy (non-hydrogen) atoms. The zero-order valence-electron chi connectivity index (χ0n) is 11.1. The zero-order valence-corrected chi connectivity index (χ0v) is 11.1. The maximum Gasteiger partial charge on any atom is 0.244 e. The Labute approximate surface area is 103 Å². The fourth-order valence-corrected chi connectivity index (χ4v) is 1.46. The lowest BCUT2D eigenvalue weighted by Gasteiger charge is -2.19. The van der Waals surface area contributed by atoms with Gasteiger partial charge in [-0.05, 0) is 27.9 Å². The number of nitrogens with zero attached hydrogens (tertiary/aromatic N) is 5. The van der Waals surface area contributed by atoms with E-state index in [-0.39, 0.29) is 0 Å². The van der Waals surface area contributed by atoms with Gasteiger partial charge in [-0.25, -0.2) is 0 Å². The quantitative estimate of drug-likeness (QED) is 0.754. The first-order valence-corrected chi connectivity index (χ1v) is 6.00. The summed E-state index contributed by atoms with van der Waals surface area (Å²) in [6.45, 7) is 7.81. The van der Waals surface area contributed by atoms with Crippen molar-refractivity contribution in [3.8, 4) is 0 Å². The second-order valence-corrected chi connectivity index (χ2v) is 4.04. The molecule has 0 spiro atoms. The molecule has 0 radical (unpaired) electrons. The van der Waals surface area contributed by atoms with Crippen LogP contribution in [0.4, 0.5) is 11.8 Å². The summed E-state index contributed by atoms with van der Waals surface area (Å²) in [5.74, 6) is 1.47. The van der Waals surface area contributed by atoms with Gasteiger partial charge in [0, 0.05) is 26.2 Å². The number of likely N-dealkylation sites (N-methyl/N-ethyl adjacent to an activating group) is 1. The number of rotatable bonds is 7. The van der Waals surface area contributed by atoms with Gasteiger partial charge in [0.25, 0.3) is 0 Å². The van der Waals surface area contributed by atoms with Crippen molar-refractivity contribution in [3.05, 3.63) is 6.20 Å². The summed E-state index contributed by atoms with van der Waals surface area (Å²) in [4.78, 5) is 8.68. The second-order valence-electron chi connectivity index (χ2n) is 4.04. The number of aromatic nitrogens is 3. The van der Waals surface area contributed by atoms with Gasteiger partial charge in [0.1, 0.15) is 0 Å². The van der Waals surface area contributed by atoms with Crippen LogP contribution in [-0.2, 0) is 0 Å². The van der Waals surface area contributed by atoms with Gasteiger partial charge >= 0.3 is 0 Å². The van der Waals surface area contributed by atoms with Gasteiger partial charge in [-0.1, -0.05) is 0 Å². The molecular weight excluding hydrogens is 216 g/mol. The first-order chi connectivity index (χ1) is 8.17. The molecule has 1 aromatic rings. The fraction of sp³-hybridized carbons (Fsp3) is 0.727. The Balaban J connectivity index is 2.59. The summed E-state index contributed by atoms with van der Waals surface area (Å²) >= 11 is 0. The Morgan fingerprint density at radius 2 is 1.94 bits per heavy atom. The van der Waals surface area contributed by atoms with Crippen LogP contribution in [0.25, 0.3) is 0 Å². The molecule has 0 unspecified atom stereocenters. The normalized spacial score (nSPS) is 10.6. The number of hydrogen-bond acceptors (Lipinski definition) is 6. The average Bonchev–Trinajstić information content (AvgIpc) is 2.31. The monoisotopic (exact) mass is 238 g/mol. The molecule has 0 amide bonds. The minimum atomic E-state index is 0.594. The SMILES string of the molecule is CCN(CC)c1cnnc(NCCN(C)C)n1. The molecule has 0 aromatic carbocycles. The van der Waals surface area contributed by atoms with Crippen molar-refractivity contribution in [3.63, 3.8) is 0 Å². The first-order valence-electron chi connectivity index (χ1n) is 6.00. The Morgan fingerprint density at radius 1 is 1.24 bits per heavy atom. The minimum Gasteiger partial charge on any atom is -0.356 e. The molecule has 6 heteroatoms. The van der Waals surface area contributed by atoms with Gasteiger partial charge in [-0.15, -0.1) is 5.10 Å². The van der Waals surface area contributed by atoms with E-state index in [4.69, 9.17) is 0 Å². The van der Waals surface area contributed by atoms with Gasteiger partial charge in [0.2, 0.25) is 5.95 Å². The largest absolute Gasteiger partial charge is 0.356 e. The van der Waals surface area contributed by atoms with Crippen LogP contribution >= 0.6 is 0 Å². The summed E-state index contributed by atoms with van der Waals surface area (Å²) in [5, 5.41) is 11.1. The van der Waals surface area contributed by atoms with Crippen molar-refractivity contribution in [1.82, 2.24) is 20.1 Å². The van der Waals surface area contributed by atoms with Crippen LogP contribution in [0, 0.1) is 0 Å². The third kappa shape index (κ3) is 4.52. The molecule has 0 fully saturated rings. The lowest BCUT2D eigenvalue weighted by atomic mass is 10.5. The third-order valence-corrected chi connectivity index (χ3v) is 2.48. The van der Waals surface area contributed by atoms with Crippen LogP contribution in [0.5, 0.6) is 0 Å². The van der Waals surface area contributed by atoms with E-state index in [1.165, 1.54) is 0 Å². The van der Waals surface area contributed by atoms with Gasteiger partial charge in [0.05, 0.1) is 6.20 Å². The van der Waals surface area contributed by atoms with E-state index in [1.54, 1.807) is 6.20 Å². The summed E-state index contributed by atoms with van der Waals surface area (Å²) in [7, 11) is 4.07. The standard InChI is InChI=1S/C11H22N6/c1-5-17(6-2)10-9-13-15-11(14-10)12-7-8-16(3)4/h9H,5-8H2,1-4H3,(H,12,14,15). The highest BCUT2D eigenvalue weighted by atomic mass is 15.3. The zero-order chi connectivity index (χ0) is 12.7. The van der Waals surface area contributed by atoms with Crippen molar-refractivity contribution < 1.29 is 0 Å². The smallest absolute Gasteiger partial charge is 0.244 e. The Hall–Kier alpha value is -1.43. The highest BCUT2D eigenvalue weighted by molar-refractivity contribution is 5.39. The molecule has 0 aliphatic carbocycles. The van der Waals surface area contributed by atoms with Crippen molar-refractivity contribution in [2.45, 2.75) is 13.8 Å². The molecule has 96 valence electrons. The Morgan fingerprint density at radius 3 is 2.53 bits per heavy atom. The number of anilines is 2. The molecule has 1 rings (SSSR count). The maximum atomic E-state index is 4.43. The van der Waals surface area contributed by atoms with E-state index in [0.717, 1.165) is 32.0 Å². The second kappa shape index (κ2) is 7.01. The van der Waals surface area contributed by atoms with Crippen LogP contribution in [0.2, 0.25) is 0 Å². The molecule has 1 N–H and O–H groups in total. The first kappa shape index (κ1) is 13.6. The molecule has 0 saturated heterocycles. The maximum absolute atomic E-state index is 4.43. The summed E-state index contributed by atoms with van der Waals surface area (Å²) in [6.07, 6.45) is 1.70. The molecule has 0 saturated carbocycles. The van der Waals surface area contributed by atoms with Crippen LogP contribution < -0.4 is 10.2 Å². The van der Waals surface area contributed by atoms with Crippen LogP contribution in [0.1, 0.15) is 13.8 Å². The minimum absolute atomic E-state index is 0.594. The van der Waals surface area contributed by atoms with E-state index in [2.05, 4.69) is 44.1 Å². The Kier molecular flexibility index (Phi) is 5.62. The van der Waals surface area contributed by atoms with Crippen molar-refractivity contribution >= 4 is 11.8 Å². The van der Waals surface area contributed by atoms with Gasteiger partial charge in [-0.3, -0.25) is 0 Å². The third-order valence-electron chi connectivity index (χ3n) is 2.48. The molecule has 0 aliphatic heterocycles. The van der Waals surface area contributed by atoms with E-state index in [0.29, 0.717) is 5.95 Å². The molecular formula is C11H22N6. The van der Waals surface area contributed by atoms with Crippen molar-refractivity contribution in [1.29, 1.82) is 0 Å². The Bertz CT molecular complexity index is 323. The number of hydrogen-bond donors (Lipinski definition) is 1. The van der Waals surface area contributed by atoms with Gasteiger partial charge in [-0.2, -0.15) is 10.1 Å². The highest BCUT2D eigenvalue weighted by Crippen LogP contribution is 2.09. The van der Waals surface area contributed by atoms with E-state index in [9.17, 15) is 0 Å². The fourth-order valence-electron chi connectivity index (χ4n) is 1.46. The van der Waals surface area contributed by atoms with Crippen LogP contribution in [0.3, 0.4) is 0 Å². The average molecular weight is 238 g/mol. The molecule has 0 bridgehead atoms.